The highest BCUT2D eigenvalue weighted by Gasteiger charge is 2.45. The highest BCUT2D eigenvalue weighted by molar-refractivity contribution is 7.80. The molecular formula is C42H38O13P+. The molecule has 2 aliphatic rings. The van der Waals surface area contributed by atoms with E-state index in [9.17, 15) is 23.7 Å². The van der Waals surface area contributed by atoms with E-state index in [0.29, 0.717) is 0 Å². The van der Waals surface area contributed by atoms with E-state index in [0.717, 1.165) is 0 Å². The Bertz CT molecular complexity index is 2140. The fourth-order valence-electron chi connectivity index (χ4n) is 5.93. The zero-order chi connectivity index (χ0) is 40.7. The number of rotatable bonds is 16. The first-order valence-electron chi connectivity index (χ1n) is 16.7. The average molecular weight is 782 g/mol. The van der Waals surface area contributed by atoms with Gasteiger partial charge < -0.3 is 37.9 Å². The maximum absolute atomic E-state index is 14.0. The second kappa shape index (κ2) is 17.6. The monoisotopic (exact) mass is 781 g/mol. The molecule has 0 atom stereocenters. The maximum Gasteiger partial charge on any atom is 0.502 e. The van der Waals surface area contributed by atoms with Crippen molar-refractivity contribution >= 4 is 30.4 Å². The van der Waals surface area contributed by atoms with Crippen LogP contribution < -0.4 is 37.9 Å². The lowest BCUT2D eigenvalue weighted by atomic mass is 9.95. The molecular weight excluding hydrogens is 743 g/mol. The third-order valence-electron chi connectivity index (χ3n) is 8.85. The summed E-state index contributed by atoms with van der Waals surface area (Å²) in [5.74, 6) is -1.14. The summed E-state index contributed by atoms with van der Waals surface area (Å²) in [7, 11) is 7.05. The Morgan fingerprint density at radius 2 is 0.714 bits per heavy atom. The van der Waals surface area contributed by atoms with Crippen molar-refractivity contribution in [3.63, 3.8) is 0 Å². The van der Waals surface area contributed by atoms with Gasteiger partial charge in [-0.1, -0.05) is 41.0 Å². The van der Waals surface area contributed by atoms with Crippen LogP contribution in [0, 0.1) is 0 Å². The summed E-state index contributed by atoms with van der Waals surface area (Å²) in [4.78, 5) is 55.9. The minimum Gasteiger partial charge on any atom is -0.497 e. The summed E-state index contributed by atoms with van der Waals surface area (Å²) >= 11 is 0. The van der Waals surface area contributed by atoms with Gasteiger partial charge in [0.15, 0.2) is 0 Å². The van der Waals surface area contributed by atoms with Crippen LogP contribution in [0.15, 0.2) is 84.9 Å². The van der Waals surface area contributed by atoms with E-state index in [2.05, 4.69) is 24.3 Å². The van der Waals surface area contributed by atoms with Crippen molar-refractivity contribution in [3.8, 4) is 57.1 Å². The molecule has 13 nitrogen and oxygen atoms in total. The van der Waals surface area contributed by atoms with E-state index in [1.165, 1.54) is 92.3 Å². The van der Waals surface area contributed by atoms with Crippen LogP contribution in [0.5, 0.6) is 46.0 Å². The Labute approximate surface area is 323 Å². The molecule has 4 aromatic carbocycles. The molecule has 288 valence electrons. The van der Waals surface area contributed by atoms with Crippen LogP contribution in [-0.2, 0) is 4.57 Å². The molecule has 0 aliphatic heterocycles. The van der Waals surface area contributed by atoms with Crippen molar-refractivity contribution in [2.45, 2.75) is 0 Å². The fourth-order valence-corrected chi connectivity index (χ4v) is 6.88. The van der Waals surface area contributed by atoms with E-state index >= 15 is 0 Å². The summed E-state index contributed by atoms with van der Waals surface area (Å²) in [5.41, 5.74) is -0.563. The lowest BCUT2D eigenvalue weighted by Gasteiger charge is -2.16. The number of methoxy groups -OCH3 is 8. The third-order valence-corrected chi connectivity index (χ3v) is 10.1. The summed E-state index contributed by atoms with van der Waals surface area (Å²) in [6.07, 6.45) is 0. The minimum atomic E-state index is -3.46. The van der Waals surface area contributed by atoms with Gasteiger partial charge in [0.25, 0.3) is 0 Å². The largest absolute Gasteiger partial charge is 0.502 e. The van der Waals surface area contributed by atoms with Gasteiger partial charge in [-0.15, -0.1) is 0 Å². The van der Waals surface area contributed by atoms with Gasteiger partial charge in [-0.25, -0.2) is 9.59 Å². The number of hydrogen-bond acceptors (Lipinski definition) is 13. The normalized spacial score (nSPS) is 10.5. The highest BCUT2D eigenvalue weighted by atomic mass is 31.1. The zero-order valence-corrected chi connectivity index (χ0v) is 32.7. The first-order valence-corrected chi connectivity index (χ1v) is 18.0. The molecule has 0 radical (unpaired) electrons. The second-order valence-electron chi connectivity index (χ2n) is 11.7. The Kier molecular flexibility index (Phi) is 12.7. The molecule has 0 bridgehead atoms. The number of carbonyl (C=O) groups excluding carboxylic acids is 4. The van der Waals surface area contributed by atoms with Crippen LogP contribution in [-0.4, -0.2) is 79.5 Å². The molecule has 6 rings (SSSR count). The quantitative estimate of drug-likeness (QED) is 0.0695. The first kappa shape index (κ1) is 40.5. The molecule has 0 saturated carbocycles. The van der Waals surface area contributed by atoms with Crippen molar-refractivity contribution in [2.24, 2.45) is 0 Å². The van der Waals surface area contributed by atoms with Crippen LogP contribution in [0.25, 0.3) is 11.1 Å². The van der Waals surface area contributed by atoms with Crippen molar-refractivity contribution < 1.29 is 61.6 Å². The van der Waals surface area contributed by atoms with Gasteiger partial charge in [0.1, 0.15) is 68.2 Å². The molecule has 4 aromatic rings. The minimum absolute atomic E-state index is 0.0212. The topological polar surface area (TPSA) is 159 Å². The zero-order valence-electron chi connectivity index (χ0n) is 31.8. The lowest BCUT2D eigenvalue weighted by molar-refractivity contribution is 0.102. The fraction of sp³-hybridized carbons (Fsp3) is 0.190. The number of fused-ring (bicyclic) bond motifs is 1. The van der Waals surface area contributed by atoms with Gasteiger partial charge in [0, 0.05) is 0 Å². The molecule has 0 saturated heterocycles. The van der Waals surface area contributed by atoms with E-state index in [-0.39, 0.29) is 79.4 Å². The van der Waals surface area contributed by atoms with Gasteiger partial charge in [-0.3, -0.25) is 9.59 Å². The summed E-state index contributed by atoms with van der Waals surface area (Å²) < 4.78 is 57.2. The van der Waals surface area contributed by atoms with Crippen molar-refractivity contribution in [1.82, 2.24) is 0 Å². The number of benzene rings is 5. The number of ether oxygens (including phenoxy) is 8. The van der Waals surface area contributed by atoms with Crippen molar-refractivity contribution in [1.29, 1.82) is 0 Å². The Morgan fingerprint density at radius 1 is 0.411 bits per heavy atom. The molecule has 14 heteroatoms. The van der Waals surface area contributed by atoms with E-state index < -0.39 is 30.4 Å². The molecule has 0 aromatic heterocycles. The van der Waals surface area contributed by atoms with E-state index in [1.54, 1.807) is 36.4 Å². The van der Waals surface area contributed by atoms with Crippen molar-refractivity contribution in [2.75, 3.05) is 56.9 Å². The Balaban J connectivity index is 0.000000897. The SMILES string of the molecule is COc1cc(C(=O)c2c(OC)cccc2OC)c(OC)c(C(=O)[P+](=O)C(=O)c2cc(OC)cc(C(=O)c3c(OC)cccc3OC)c2OC)c1.c1cc2ccc1-2. The summed E-state index contributed by atoms with van der Waals surface area (Å²) in [6, 6.07) is 23.0. The predicted octanol–water partition coefficient (Wildman–Crippen LogP) is 7.69. The van der Waals surface area contributed by atoms with Gasteiger partial charge in [-0.05, 0) is 59.7 Å². The Hall–Kier alpha value is -6.72. The first-order chi connectivity index (χ1) is 27.0. The van der Waals surface area contributed by atoms with Crippen molar-refractivity contribution in [3.05, 3.63) is 118 Å². The molecule has 0 fully saturated rings. The molecule has 0 spiro atoms. The van der Waals surface area contributed by atoms with Gasteiger partial charge in [-0.2, -0.15) is 0 Å². The molecule has 2 aliphatic carbocycles. The summed E-state index contributed by atoms with van der Waals surface area (Å²) in [6.45, 7) is 0. The molecule has 56 heavy (non-hydrogen) atoms. The van der Waals surface area contributed by atoms with Crippen LogP contribution in [0.4, 0.5) is 0 Å². The summed E-state index contributed by atoms with van der Waals surface area (Å²) in [5, 5.41) is 0. The standard InChI is InChI=1S/C36H34O13P.C6H4/c1-42-19-15-21(31(37)29-25(44-3)11-9-12-26(29)45-4)33(48-7)23(17-19)35(39)50(41)36(40)24-18-20(43-2)16-22(34(24)49-8)32(38)30-27(46-5)13-10-14-28(30)47-6;1-2-6-4-3-5(1)6/h9-18H,1-8H3;1-4H/q+1;. The van der Waals surface area contributed by atoms with E-state index in [4.69, 9.17) is 37.9 Å². The highest BCUT2D eigenvalue weighted by Crippen LogP contribution is 2.44. The van der Waals surface area contributed by atoms with Crippen LogP contribution in [0.2, 0.25) is 0 Å². The van der Waals surface area contributed by atoms with E-state index in [1.807, 2.05) is 0 Å². The van der Waals surface area contributed by atoms with Gasteiger partial charge in [0.2, 0.25) is 11.6 Å². The third kappa shape index (κ3) is 7.62. The second-order valence-corrected chi connectivity index (χ2v) is 13.1. The number of ketones is 2. The van der Waals surface area contributed by atoms with Gasteiger partial charge >= 0.3 is 18.8 Å². The maximum atomic E-state index is 14.0. The van der Waals surface area contributed by atoms with Crippen LogP contribution >= 0.6 is 7.80 Å². The van der Waals surface area contributed by atoms with Gasteiger partial charge in [0.05, 0.1) is 68.0 Å². The van der Waals surface area contributed by atoms with Crippen LogP contribution in [0.1, 0.15) is 52.6 Å². The molecule has 0 N–H and O–H groups in total. The van der Waals surface area contributed by atoms with Crippen LogP contribution in [0.3, 0.4) is 0 Å². The smallest absolute Gasteiger partial charge is 0.497 e. The Morgan fingerprint density at radius 3 is 0.946 bits per heavy atom. The molecule has 0 amide bonds. The predicted molar refractivity (Wildman–Crippen MR) is 207 cm³/mol. The number of carbonyl (C=O) groups is 4. The average Bonchev–Trinajstić information content (AvgIpc) is 3.24. The molecule has 0 heterocycles. The molecule has 0 unspecified atom stereocenters. The lowest BCUT2D eigenvalue weighted by Crippen LogP contribution is -2.13. The number of hydrogen-bond donors (Lipinski definition) is 0.